The summed E-state index contributed by atoms with van der Waals surface area (Å²) in [5.74, 6) is 0. The molecule has 0 spiro atoms. The predicted molar refractivity (Wildman–Crippen MR) is 78.3 cm³/mol. The Kier molecular flexibility index (Phi) is 4.40. The summed E-state index contributed by atoms with van der Waals surface area (Å²) in [5, 5.41) is 5.60. The van der Waals surface area contributed by atoms with Crippen LogP contribution < -0.4 is 10.6 Å². The van der Waals surface area contributed by atoms with Crippen molar-refractivity contribution in [2.45, 2.75) is 51.9 Å². The van der Waals surface area contributed by atoms with Crippen molar-refractivity contribution in [3.8, 4) is 0 Å². The summed E-state index contributed by atoms with van der Waals surface area (Å²) in [7, 11) is 0. The SMILES string of the molecule is CC(C)(C)C(NC(=O)NC1CC1)c1cccc(C(F)(F)F)c1. The fraction of sp³-hybridized carbons (Fsp3) is 0.562. The van der Waals surface area contributed by atoms with Gasteiger partial charge in [-0.1, -0.05) is 32.9 Å². The highest BCUT2D eigenvalue weighted by atomic mass is 19.4. The van der Waals surface area contributed by atoms with E-state index in [9.17, 15) is 18.0 Å². The van der Waals surface area contributed by atoms with Gasteiger partial charge in [0.25, 0.3) is 0 Å². The molecule has 1 aromatic rings. The van der Waals surface area contributed by atoms with Crippen molar-refractivity contribution in [1.29, 1.82) is 0 Å². The lowest BCUT2D eigenvalue weighted by molar-refractivity contribution is -0.137. The molecule has 1 saturated carbocycles. The predicted octanol–water partition coefficient (Wildman–Crippen LogP) is 4.25. The average Bonchev–Trinajstić information content (AvgIpc) is 3.17. The van der Waals surface area contributed by atoms with Crippen molar-refractivity contribution in [3.63, 3.8) is 0 Å². The average molecular weight is 314 g/mol. The molecule has 1 unspecified atom stereocenters. The summed E-state index contributed by atoms with van der Waals surface area (Å²) in [5.41, 5.74) is -0.664. The molecule has 1 aliphatic rings. The number of hydrogen-bond acceptors (Lipinski definition) is 1. The van der Waals surface area contributed by atoms with Gasteiger partial charge in [-0.2, -0.15) is 13.2 Å². The molecule has 122 valence electrons. The molecule has 0 heterocycles. The third-order valence-electron chi connectivity index (χ3n) is 3.60. The largest absolute Gasteiger partial charge is 0.416 e. The molecule has 2 amide bonds. The summed E-state index contributed by atoms with van der Waals surface area (Å²) >= 11 is 0. The van der Waals surface area contributed by atoms with Gasteiger partial charge in [0.2, 0.25) is 0 Å². The van der Waals surface area contributed by atoms with Crippen molar-refractivity contribution in [2.75, 3.05) is 0 Å². The van der Waals surface area contributed by atoms with Gasteiger partial charge < -0.3 is 10.6 Å². The van der Waals surface area contributed by atoms with Crippen LogP contribution in [-0.2, 0) is 6.18 Å². The fourth-order valence-corrected chi connectivity index (χ4v) is 2.28. The summed E-state index contributed by atoms with van der Waals surface area (Å²) in [4.78, 5) is 12.0. The van der Waals surface area contributed by atoms with E-state index < -0.39 is 23.2 Å². The number of nitrogens with one attached hydrogen (secondary N) is 2. The van der Waals surface area contributed by atoms with Crippen LogP contribution in [-0.4, -0.2) is 12.1 Å². The molecule has 0 bridgehead atoms. The van der Waals surface area contributed by atoms with Crippen LogP contribution in [0.1, 0.15) is 50.8 Å². The van der Waals surface area contributed by atoms with E-state index in [0.717, 1.165) is 25.0 Å². The third-order valence-corrected chi connectivity index (χ3v) is 3.60. The maximum atomic E-state index is 12.9. The first-order valence-electron chi connectivity index (χ1n) is 7.31. The van der Waals surface area contributed by atoms with Crippen LogP contribution in [0.25, 0.3) is 0 Å². The first kappa shape index (κ1) is 16.6. The monoisotopic (exact) mass is 314 g/mol. The van der Waals surface area contributed by atoms with Crippen LogP contribution in [0.15, 0.2) is 24.3 Å². The lowest BCUT2D eigenvalue weighted by Crippen LogP contribution is -2.43. The second-order valence-electron chi connectivity index (χ2n) is 6.81. The maximum Gasteiger partial charge on any atom is 0.416 e. The molecule has 0 radical (unpaired) electrons. The number of halogens is 3. The van der Waals surface area contributed by atoms with Crippen molar-refractivity contribution in [3.05, 3.63) is 35.4 Å². The van der Waals surface area contributed by atoms with Crippen LogP contribution >= 0.6 is 0 Å². The van der Waals surface area contributed by atoms with E-state index >= 15 is 0 Å². The van der Waals surface area contributed by atoms with Gasteiger partial charge in [0, 0.05) is 6.04 Å². The summed E-state index contributed by atoms with van der Waals surface area (Å²) < 4.78 is 38.6. The minimum atomic E-state index is -4.39. The Labute approximate surface area is 128 Å². The number of alkyl halides is 3. The number of amides is 2. The van der Waals surface area contributed by atoms with Gasteiger partial charge in [0.15, 0.2) is 0 Å². The van der Waals surface area contributed by atoms with Crippen molar-refractivity contribution >= 4 is 6.03 Å². The molecular formula is C16H21F3N2O. The smallest absolute Gasteiger partial charge is 0.335 e. The molecule has 6 heteroatoms. The molecule has 2 N–H and O–H groups in total. The van der Waals surface area contributed by atoms with Crippen LogP contribution in [0, 0.1) is 5.41 Å². The lowest BCUT2D eigenvalue weighted by atomic mass is 9.82. The number of carbonyl (C=O) groups excluding carboxylic acids is 1. The third kappa shape index (κ3) is 4.39. The fourth-order valence-electron chi connectivity index (χ4n) is 2.28. The number of carbonyl (C=O) groups is 1. The van der Waals surface area contributed by atoms with Gasteiger partial charge in [-0.25, -0.2) is 4.79 Å². The zero-order valence-corrected chi connectivity index (χ0v) is 12.9. The normalized spacial score (nSPS) is 17.0. The molecule has 1 aliphatic carbocycles. The van der Waals surface area contributed by atoms with E-state index in [1.807, 2.05) is 20.8 Å². The van der Waals surface area contributed by atoms with Crippen LogP contribution in [0.2, 0.25) is 0 Å². The lowest BCUT2D eigenvalue weighted by Gasteiger charge is -2.32. The Morgan fingerprint density at radius 2 is 1.86 bits per heavy atom. The Bertz CT molecular complexity index is 545. The molecular weight excluding hydrogens is 293 g/mol. The number of rotatable bonds is 3. The Hall–Kier alpha value is -1.72. The molecule has 0 aliphatic heterocycles. The van der Waals surface area contributed by atoms with E-state index in [1.54, 1.807) is 6.07 Å². The van der Waals surface area contributed by atoms with E-state index in [0.29, 0.717) is 5.56 Å². The molecule has 22 heavy (non-hydrogen) atoms. The van der Waals surface area contributed by atoms with Crippen LogP contribution in [0.3, 0.4) is 0 Å². The minimum Gasteiger partial charge on any atom is -0.335 e. The maximum absolute atomic E-state index is 12.9. The molecule has 1 atom stereocenters. The topological polar surface area (TPSA) is 41.1 Å². The molecule has 0 saturated heterocycles. The number of benzene rings is 1. The van der Waals surface area contributed by atoms with E-state index in [-0.39, 0.29) is 12.1 Å². The first-order valence-corrected chi connectivity index (χ1v) is 7.31. The zero-order valence-electron chi connectivity index (χ0n) is 12.9. The Balaban J connectivity index is 2.23. The highest BCUT2D eigenvalue weighted by molar-refractivity contribution is 5.75. The van der Waals surface area contributed by atoms with Crippen LogP contribution in [0.4, 0.5) is 18.0 Å². The Morgan fingerprint density at radius 1 is 1.23 bits per heavy atom. The van der Waals surface area contributed by atoms with Crippen molar-refractivity contribution in [1.82, 2.24) is 10.6 Å². The molecule has 2 rings (SSSR count). The van der Waals surface area contributed by atoms with E-state index in [1.165, 1.54) is 6.07 Å². The summed E-state index contributed by atoms with van der Waals surface area (Å²) in [6.45, 7) is 5.65. The molecule has 1 aromatic carbocycles. The van der Waals surface area contributed by atoms with Crippen LogP contribution in [0.5, 0.6) is 0 Å². The number of urea groups is 1. The van der Waals surface area contributed by atoms with E-state index in [2.05, 4.69) is 10.6 Å². The first-order chi connectivity index (χ1) is 10.1. The highest BCUT2D eigenvalue weighted by Crippen LogP contribution is 2.36. The highest BCUT2D eigenvalue weighted by Gasteiger charge is 2.34. The van der Waals surface area contributed by atoms with Crippen molar-refractivity contribution in [2.24, 2.45) is 5.41 Å². The van der Waals surface area contributed by atoms with Gasteiger partial charge in [-0.05, 0) is 36.0 Å². The van der Waals surface area contributed by atoms with E-state index in [4.69, 9.17) is 0 Å². The molecule has 3 nitrogen and oxygen atoms in total. The second kappa shape index (κ2) is 5.82. The minimum absolute atomic E-state index is 0.196. The standard InChI is InChI=1S/C16H21F3N2O/c1-15(2,3)13(21-14(22)20-12-7-8-12)10-5-4-6-11(9-10)16(17,18)19/h4-6,9,12-13H,7-8H2,1-3H3,(H2,20,21,22). The molecule has 1 fully saturated rings. The van der Waals surface area contributed by atoms with Gasteiger partial charge in [-0.3, -0.25) is 0 Å². The van der Waals surface area contributed by atoms with Gasteiger partial charge in [0.1, 0.15) is 0 Å². The summed E-state index contributed by atoms with van der Waals surface area (Å²) in [6, 6.07) is 4.48. The van der Waals surface area contributed by atoms with Gasteiger partial charge in [-0.15, -0.1) is 0 Å². The molecule has 0 aromatic heterocycles. The Morgan fingerprint density at radius 3 is 2.36 bits per heavy atom. The quantitative estimate of drug-likeness (QED) is 0.860. The van der Waals surface area contributed by atoms with Crippen molar-refractivity contribution < 1.29 is 18.0 Å². The zero-order chi connectivity index (χ0) is 16.5. The summed E-state index contributed by atoms with van der Waals surface area (Å²) in [6.07, 6.45) is -2.48. The van der Waals surface area contributed by atoms with Gasteiger partial charge in [0.05, 0.1) is 11.6 Å². The number of hydrogen-bond donors (Lipinski definition) is 2. The second-order valence-corrected chi connectivity index (χ2v) is 6.81. The van der Waals surface area contributed by atoms with Gasteiger partial charge >= 0.3 is 12.2 Å².